The normalized spacial score (nSPS) is 17.9. The van der Waals surface area contributed by atoms with E-state index in [2.05, 4.69) is 11.4 Å². The van der Waals surface area contributed by atoms with Crippen LogP contribution in [0.15, 0.2) is 75.4 Å². The third kappa shape index (κ3) is 4.95. The first-order chi connectivity index (χ1) is 19.0. The topological polar surface area (TPSA) is 84.3 Å². The second-order valence-corrected chi connectivity index (χ2v) is 13.1. The van der Waals surface area contributed by atoms with Crippen molar-refractivity contribution in [1.29, 1.82) is 0 Å². The molecule has 2 aliphatic rings. The summed E-state index contributed by atoms with van der Waals surface area (Å²) in [5.41, 5.74) is 3.71. The molecule has 0 radical (unpaired) electrons. The quantitative estimate of drug-likeness (QED) is 0.253. The second kappa shape index (κ2) is 10.7. The fourth-order valence-electron chi connectivity index (χ4n) is 4.98. The first-order valence-corrected chi connectivity index (χ1v) is 15.9. The highest BCUT2D eigenvalue weighted by Gasteiger charge is 2.33. The van der Waals surface area contributed by atoms with Crippen molar-refractivity contribution >= 4 is 43.5 Å². The van der Waals surface area contributed by atoms with Gasteiger partial charge in [0.1, 0.15) is 0 Å². The fraction of sp³-hybridized carbons (Fsp3) is 0.286. The molecule has 8 nitrogen and oxygen atoms in total. The van der Waals surface area contributed by atoms with E-state index in [0.717, 1.165) is 51.8 Å². The summed E-state index contributed by atoms with van der Waals surface area (Å²) >= 11 is 3.19. The molecule has 1 fully saturated rings. The van der Waals surface area contributed by atoms with E-state index in [1.54, 1.807) is 42.0 Å². The van der Waals surface area contributed by atoms with Crippen molar-refractivity contribution in [3.63, 3.8) is 0 Å². The molecule has 0 amide bonds. The predicted molar refractivity (Wildman–Crippen MR) is 156 cm³/mol. The SMILES string of the molecule is COc1ccc([C@H]2CC(c3cccs3)=NN2c2nc(-c3ccc(S(=O)(=O)N4CCCC4)cc3)cs2)cc1OC. The van der Waals surface area contributed by atoms with Gasteiger partial charge in [0.05, 0.1) is 41.4 Å². The van der Waals surface area contributed by atoms with Crippen molar-refractivity contribution in [1.82, 2.24) is 9.29 Å². The van der Waals surface area contributed by atoms with E-state index < -0.39 is 10.0 Å². The number of aromatic nitrogens is 1. The Hall–Kier alpha value is -3.25. The summed E-state index contributed by atoms with van der Waals surface area (Å²) in [5.74, 6) is 1.35. The Morgan fingerprint density at radius 1 is 0.949 bits per heavy atom. The first-order valence-electron chi connectivity index (χ1n) is 12.7. The van der Waals surface area contributed by atoms with Crippen LogP contribution < -0.4 is 14.5 Å². The van der Waals surface area contributed by atoms with Crippen LogP contribution in [0.1, 0.15) is 35.7 Å². The maximum atomic E-state index is 12.9. The maximum absolute atomic E-state index is 12.9. The van der Waals surface area contributed by atoms with E-state index in [0.29, 0.717) is 29.5 Å². The molecule has 0 spiro atoms. The van der Waals surface area contributed by atoms with Crippen molar-refractivity contribution in [3.8, 4) is 22.8 Å². The summed E-state index contributed by atoms with van der Waals surface area (Å²) < 4.78 is 38.4. The van der Waals surface area contributed by atoms with Crippen LogP contribution in [-0.4, -0.2) is 50.7 Å². The van der Waals surface area contributed by atoms with Gasteiger partial charge in [0.2, 0.25) is 15.2 Å². The predicted octanol–water partition coefficient (Wildman–Crippen LogP) is 6.03. The number of methoxy groups -OCH3 is 2. The molecule has 0 N–H and O–H groups in total. The van der Waals surface area contributed by atoms with E-state index in [9.17, 15) is 8.42 Å². The molecule has 202 valence electrons. The highest BCUT2D eigenvalue weighted by Crippen LogP contribution is 2.42. The number of ether oxygens (including phenoxy) is 2. The average Bonchev–Trinajstić information content (AvgIpc) is 3.78. The van der Waals surface area contributed by atoms with E-state index >= 15 is 0 Å². The molecule has 2 aromatic heterocycles. The molecule has 0 aliphatic carbocycles. The van der Waals surface area contributed by atoms with E-state index in [4.69, 9.17) is 19.6 Å². The molecule has 0 unspecified atom stereocenters. The van der Waals surface area contributed by atoms with Crippen molar-refractivity contribution in [2.45, 2.75) is 30.2 Å². The van der Waals surface area contributed by atoms with Crippen LogP contribution >= 0.6 is 22.7 Å². The third-order valence-corrected chi connectivity index (χ3v) is 10.7. The second-order valence-electron chi connectivity index (χ2n) is 9.35. The molecular formula is C28H28N4O4S3. The lowest BCUT2D eigenvalue weighted by Crippen LogP contribution is -2.27. The van der Waals surface area contributed by atoms with Crippen LogP contribution in [0.3, 0.4) is 0 Å². The Labute approximate surface area is 236 Å². The summed E-state index contributed by atoms with van der Waals surface area (Å²) in [7, 11) is -0.188. The maximum Gasteiger partial charge on any atom is 0.243 e. The molecule has 0 bridgehead atoms. The van der Waals surface area contributed by atoms with Crippen LogP contribution in [0.5, 0.6) is 11.5 Å². The van der Waals surface area contributed by atoms with Gasteiger partial charge in [-0.15, -0.1) is 22.7 Å². The monoisotopic (exact) mass is 580 g/mol. The zero-order valence-corrected chi connectivity index (χ0v) is 24.1. The van der Waals surface area contributed by atoms with E-state index in [-0.39, 0.29) is 6.04 Å². The lowest BCUT2D eigenvalue weighted by Gasteiger charge is -2.22. The molecule has 4 aromatic rings. The number of nitrogens with zero attached hydrogens (tertiary/aromatic N) is 4. The van der Waals surface area contributed by atoms with Crippen molar-refractivity contribution in [3.05, 3.63) is 75.8 Å². The van der Waals surface area contributed by atoms with Crippen LogP contribution in [0.25, 0.3) is 11.3 Å². The molecule has 11 heteroatoms. The lowest BCUT2D eigenvalue weighted by atomic mass is 10.0. The van der Waals surface area contributed by atoms with E-state index in [1.807, 2.05) is 46.8 Å². The van der Waals surface area contributed by atoms with Gasteiger partial charge in [-0.3, -0.25) is 0 Å². The molecule has 6 rings (SSSR count). The van der Waals surface area contributed by atoms with Crippen LogP contribution in [-0.2, 0) is 10.0 Å². The lowest BCUT2D eigenvalue weighted by molar-refractivity contribution is 0.354. The molecule has 39 heavy (non-hydrogen) atoms. The standard InChI is InChI=1S/C28H28N4O4S3/c1-35-25-12-9-20(16-26(25)36-2)24-17-22(27-6-5-15-37-27)30-32(24)28-29-23(18-38-28)19-7-10-21(11-8-19)39(33,34)31-13-3-4-14-31/h5-12,15-16,18,24H,3-4,13-14,17H2,1-2H3/t24-/m1/s1. The minimum atomic E-state index is -3.45. The molecule has 1 saturated heterocycles. The summed E-state index contributed by atoms with van der Waals surface area (Å²) in [5, 5.41) is 11.8. The minimum absolute atomic E-state index is 0.0612. The fourth-order valence-corrected chi connectivity index (χ4v) is 8.05. The van der Waals surface area contributed by atoms with Gasteiger partial charge in [-0.05, 0) is 54.1 Å². The van der Waals surface area contributed by atoms with Gasteiger partial charge in [-0.1, -0.05) is 24.3 Å². The highest BCUT2D eigenvalue weighted by molar-refractivity contribution is 7.89. The van der Waals surface area contributed by atoms with Gasteiger partial charge >= 0.3 is 0 Å². The summed E-state index contributed by atoms with van der Waals surface area (Å²) in [6.45, 7) is 1.18. The Balaban J connectivity index is 1.31. The van der Waals surface area contributed by atoms with Gasteiger partial charge < -0.3 is 9.47 Å². The molecule has 1 atom stereocenters. The number of benzene rings is 2. The minimum Gasteiger partial charge on any atom is -0.493 e. The smallest absolute Gasteiger partial charge is 0.243 e. The zero-order chi connectivity index (χ0) is 27.0. The number of hydrogen-bond donors (Lipinski definition) is 0. The van der Waals surface area contributed by atoms with Crippen molar-refractivity contribution in [2.75, 3.05) is 32.3 Å². The van der Waals surface area contributed by atoms with Crippen LogP contribution in [0.2, 0.25) is 0 Å². The highest BCUT2D eigenvalue weighted by atomic mass is 32.2. The van der Waals surface area contributed by atoms with Crippen molar-refractivity contribution < 1.29 is 17.9 Å². The Bertz CT molecular complexity index is 1590. The number of sulfonamides is 1. The van der Waals surface area contributed by atoms with Gasteiger partial charge in [0, 0.05) is 30.5 Å². The first kappa shape index (κ1) is 26.0. The van der Waals surface area contributed by atoms with Gasteiger partial charge in [0.25, 0.3) is 0 Å². The summed E-state index contributed by atoms with van der Waals surface area (Å²) in [6.07, 6.45) is 2.56. The van der Waals surface area contributed by atoms with Gasteiger partial charge in [-0.25, -0.2) is 18.4 Å². The summed E-state index contributed by atoms with van der Waals surface area (Å²) in [4.78, 5) is 6.38. The Morgan fingerprint density at radius 2 is 1.72 bits per heavy atom. The third-order valence-electron chi connectivity index (χ3n) is 7.05. The number of hydrogen-bond acceptors (Lipinski definition) is 9. The van der Waals surface area contributed by atoms with Crippen LogP contribution in [0.4, 0.5) is 5.13 Å². The molecule has 2 aliphatic heterocycles. The van der Waals surface area contributed by atoms with Crippen LogP contribution in [0, 0.1) is 0 Å². The number of thiophene rings is 1. The van der Waals surface area contributed by atoms with E-state index in [1.165, 1.54) is 11.3 Å². The number of thiazole rings is 1. The molecule has 0 saturated carbocycles. The molecule has 2 aromatic carbocycles. The average molecular weight is 581 g/mol. The number of anilines is 1. The molecular weight excluding hydrogens is 553 g/mol. The van der Waals surface area contributed by atoms with Gasteiger partial charge in [-0.2, -0.15) is 9.41 Å². The zero-order valence-electron chi connectivity index (χ0n) is 21.6. The molecule has 4 heterocycles. The Kier molecular flexibility index (Phi) is 7.15. The Morgan fingerprint density at radius 3 is 2.41 bits per heavy atom. The van der Waals surface area contributed by atoms with Crippen molar-refractivity contribution in [2.24, 2.45) is 5.10 Å². The number of hydrazone groups is 1. The number of rotatable bonds is 8. The van der Waals surface area contributed by atoms with Gasteiger partial charge in [0.15, 0.2) is 11.5 Å². The summed E-state index contributed by atoms with van der Waals surface area (Å²) in [6, 6.07) is 17.0. The largest absolute Gasteiger partial charge is 0.493 e.